The van der Waals surface area contributed by atoms with Crippen LogP contribution in [0.25, 0.3) is 11.5 Å². The number of nitrogens with one attached hydrogen (secondary N) is 2. The van der Waals surface area contributed by atoms with Crippen LogP contribution in [-0.2, 0) is 14.8 Å². The lowest BCUT2D eigenvalue weighted by atomic mass is 10.1. The van der Waals surface area contributed by atoms with E-state index >= 15 is 0 Å². The number of aromatic nitrogens is 2. The summed E-state index contributed by atoms with van der Waals surface area (Å²) in [5, 5.41) is 10.8. The molecule has 2 N–H and O–H groups in total. The molecule has 0 fully saturated rings. The van der Waals surface area contributed by atoms with Gasteiger partial charge in [-0.1, -0.05) is 30.0 Å². The minimum atomic E-state index is -3.70. The van der Waals surface area contributed by atoms with Gasteiger partial charge in [-0.3, -0.25) is 14.3 Å². The van der Waals surface area contributed by atoms with Crippen molar-refractivity contribution in [3.05, 3.63) is 78.4 Å². The standard InChI is InChI=1S/C25H22N4O6S2/c1-16(30)26-21-13-10-18(14-23(21)34-2)22(31)15-36-25-28-27-24(35-25)17-8-11-19(12-9-17)29-37(32,33)20-6-4-3-5-7-20/h3-14,29H,15H2,1-2H3,(H,26,30). The second-order valence-electron chi connectivity index (χ2n) is 7.68. The minimum Gasteiger partial charge on any atom is -0.495 e. The maximum atomic E-state index is 12.6. The Kier molecular flexibility index (Phi) is 7.89. The number of methoxy groups -OCH3 is 1. The number of Topliss-reactive ketones (excluding diaryl/α,β-unsaturated/α-hetero) is 1. The first-order chi connectivity index (χ1) is 17.7. The SMILES string of the molecule is COc1cc(C(=O)CSc2nnc(-c3ccc(NS(=O)(=O)c4ccccc4)cc3)o2)ccc1NC(C)=O. The second-order valence-corrected chi connectivity index (χ2v) is 10.3. The molecule has 190 valence electrons. The Morgan fingerprint density at radius 3 is 2.41 bits per heavy atom. The van der Waals surface area contributed by atoms with E-state index in [-0.39, 0.29) is 33.5 Å². The van der Waals surface area contributed by atoms with E-state index in [4.69, 9.17) is 9.15 Å². The summed E-state index contributed by atoms with van der Waals surface area (Å²) >= 11 is 1.08. The van der Waals surface area contributed by atoms with Crippen LogP contribution < -0.4 is 14.8 Å². The van der Waals surface area contributed by atoms with Crippen molar-refractivity contribution in [2.45, 2.75) is 17.0 Å². The molecule has 4 rings (SSSR count). The Hall–Kier alpha value is -4.16. The van der Waals surface area contributed by atoms with Gasteiger partial charge in [0.25, 0.3) is 15.2 Å². The van der Waals surface area contributed by atoms with Gasteiger partial charge in [0.05, 0.1) is 23.4 Å². The number of carbonyl (C=O) groups is 2. The number of rotatable bonds is 10. The van der Waals surface area contributed by atoms with Crippen molar-refractivity contribution >= 4 is 44.9 Å². The first-order valence-electron chi connectivity index (χ1n) is 10.9. The van der Waals surface area contributed by atoms with Crippen molar-refractivity contribution in [2.75, 3.05) is 22.9 Å². The minimum absolute atomic E-state index is 0.0461. The number of nitrogens with zero attached hydrogens (tertiary/aromatic N) is 2. The Morgan fingerprint density at radius 1 is 1.00 bits per heavy atom. The van der Waals surface area contributed by atoms with Gasteiger partial charge in [-0.25, -0.2) is 8.42 Å². The average Bonchev–Trinajstić information content (AvgIpc) is 3.37. The summed E-state index contributed by atoms with van der Waals surface area (Å²) in [6, 6.07) is 19.3. The zero-order valence-corrected chi connectivity index (χ0v) is 21.4. The molecule has 0 unspecified atom stereocenters. The van der Waals surface area contributed by atoms with E-state index < -0.39 is 10.0 Å². The third-order valence-electron chi connectivity index (χ3n) is 5.00. The number of anilines is 2. The number of ether oxygens (including phenoxy) is 1. The summed E-state index contributed by atoms with van der Waals surface area (Å²) in [4.78, 5) is 24.1. The Labute approximate surface area is 217 Å². The van der Waals surface area contributed by atoms with Crippen LogP contribution in [0.4, 0.5) is 11.4 Å². The average molecular weight is 539 g/mol. The molecule has 37 heavy (non-hydrogen) atoms. The molecular weight excluding hydrogens is 516 g/mol. The van der Waals surface area contributed by atoms with Crippen LogP contribution in [0.2, 0.25) is 0 Å². The van der Waals surface area contributed by atoms with Crippen molar-refractivity contribution in [1.82, 2.24) is 10.2 Å². The molecule has 0 bridgehead atoms. The molecule has 0 spiro atoms. The molecule has 0 atom stereocenters. The van der Waals surface area contributed by atoms with E-state index in [1.807, 2.05) is 0 Å². The van der Waals surface area contributed by atoms with E-state index in [9.17, 15) is 18.0 Å². The quantitative estimate of drug-likeness (QED) is 0.221. The Balaban J connectivity index is 1.38. The maximum absolute atomic E-state index is 12.6. The molecule has 0 saturated heterocycles. The highest BCUT2D eigenvalue weighted by atomic mass is 32.2. The van der Waals surface area contributed by atoms with Crippen molar-refractivity contribution in [3.63, 3.8) is 0 Å². The first kappa shape index (κ1) is 25.9. The summed E-state index contributed by atoms with van der Waals surface area (Å²) in [6.45, 7) is 1.38. The van der Waals surface area contributed by atoms with Gasteiger partial charge >= 0.3 is 0 Å². The predicted molar refractivity (Wildman–Crippen MR) is 139 cm³/mol. The van der Waals surface area contributed by atoms with Crippen molar-refractivity contribution in [3.8, 4) is 17.2 Å². The van der Waals surface area contributed by atoms with E-state index in [1.54, 1.807) is 60.7 Å². The van der Waals surface area contributed by atoms with E-state index in [0.717, 1.165) is 11.8 Å². The number of ketones is 1. The number of benzene rings is 3. The molecule has 1 heterocycles. The fourth-order valence-corrected chi connectivity index (χ4v) is 4.98. The molecule has 3 aromatic carbocycles. The van der Waals surface area contributed by atoms with Gasteiger partial charge in [-0.2, -0.15) is 0 Å². The van der Waals surface area contributed by atoms with Gasteiger partial charge in [-0.15, -0.1) is 10.2 Å². The lowest BCUT2D eigenvalue weighted by Gasteiger charge is -2.10. The van der Waals surface area contributed by atoms with Gasteiger partial charge in [0.1, 0.15) is 5.75 Å². The lowest BCUT2D eigenvalue weighted by molar-refractivity contribution is -0.114. The summed E-state index contributed by atoms with van der Waals surface area (Å²) < 4.78 is 38.4. The van der Waals surface area contributed by atoms with Crippen LogP contribution in [0.15, 0.2) is 87.3 Å². The molecular formula is C25H22N4O6S2. The Bertz CT molecular complexity index is 1520. The molecule has 0 radical (unpaired) electrons. The normalized spacial score (nSPS) is 11.1. The molecule has 0 aliphatic carbocycles. The van der Waals surface area contributed by atoms with Crippen LogP contribution in [-0.4, -0.2) is 43.2 Å². The highest BCUT2D eigenvalue weighted by Gasteiger charge is 2.16. The molecule has 12 heteroatoms. The van der Waals surface area contributed by atoms with Crippen LogP contribution in [0, 0.1) is 0 Å². The van der Waals surface area contributed by atoms with E-state index in [1.165, 1.54) is 26.2 Å². The zero-order chi connectivity index (χ0) is 26.4. The van der Waals surface area contributed by atoms with Gasteiger partial charge in [0.2, 0.25) is 11.8 Å². The number of sulfonamides is 1. The summed E-state index contributed by atoms with van der Waals surface area (Å²) in [5.74, 6) is 0.217. The summed E-state index contributed by atoms with van der Waals surface area (Å²) in [7, 11) is -2.25. The molecule has 0 saturated carbocycles. The molecule has 1 amide bonds. The van der Waals surface area contributed by atoms with Crippen LogP contribution in [0.1, 0.15) is 17.3 Å². The highest BCUT2D eigenvalue weighted by Crippen LogP contribution is 2.28. The second kappa shape index (κ2) is 11.3. The topological polar surface area (TPSA) is 140 Å². The third kappa shape index (κ3) is 6.54. The molecule has 4 aromatic rings. The van der Waals surface area contributed by atoms with Crippen molar-refractivity contribution in [2.24, 2.45) is 0 Å². The molecule has 1 aromatic heterocycles. The molecule has 0 aliphatic rings. The third-order valence-corrected chi connectivity index (χ3v) is 7.22. The summed E-state index contributed by atoms with van der Waals surface area (Å²) in [5.41, 5.74) is 1.85. The largest absolute Gasteiger partial charge is 0.495 e. The van der Waals surface area contributed by atoms with Crippen molar-refractivity contribution < 1.29 is 27.2 Å². The van der Waals surface area contributed by atoms with E-state index in [0.29, 0.717) is 28.3 Å². The number of hydrogen-bond acceptors (Lipinski definition) is 9. The number of carbonyl (C=O) groups excluding carboxylic acids is 2. The maximum Gasteiger partial charge on any atom is 0.277 e. The smallest absolute Gasteiger partial charge is 0.277 e. The van der Waals surface area contributed by atoms with Gasteiger partial charge in [0.15, 0.2) is 5.78 Å². The zero-order valence-electron chi connectivity index (χ0n) is 19.8. The number of amides is 1. The Morgan fingerprint density at radius 2 is 1.73 bits per heavy atom. The monoisotopic (exact) mass is 538 g/mol. The van der Waals surface area contributed by atoms with Gasteiger partial charge in [0, 0.05) is 23.7 Å². The highest BCUT2D eigenvalue weighted by molar-refractivity contribution is 7.99. The summed E-state index contributed by atoms with van der Waals surface area (Å²) in [6.07, 6.45) is 0. The lowest BCUT2D eigenvalue weighted by Crippen LogP contribution is -2.12. The predicted octanol–water partition coefficient (Wildman–Crippen LogP) is 4.48. The number of hydrogen-bond donors (Lipinski definition) is 2. The van der Waals surface area contributed by atoms with Gasteiger partial charge < -0.3 is 14.5 Å². The number of thioether (sulfide) groups is 1. The first-order valence-corrected chi connectivity index (χ1v) is 13.4. The van der Waals surface area contributed by atoms with Gasteiger partial charge in [-0.05, 0) is 54.6 Å². The van der Waals surface area contributed by atoms with Crippen LogP contribution >= 0.6 is 11.8 Å². The fourth-order valence-electron chi connectivity index (χ4n) is 3.25. The van der Waals surface area contributed by atoms with E-state index in [2.05, 4.69) is 20.2 Å². The fraction of sp³-hybridized carbons (Fsp3) is 0.120. The molecule has 0 aliphatic heterocycles. The molecule has 10 nitrogen and oxygen atoms in total. The van der Waals surface area contributed by atoms with Crippen LogP contribution in [0.5, 0.6) is 5.75 Å². The van der Waals surface area contributed by atoms with Crippen molar-refractivity contribution in [1.29, 1.82) is 0 Å². The van der Waals surface area contributed by atoms with Crippen LogP contribution in [0.3, 0.4) is 0 Å².